The van der Waals surface area contributed by atoms with Crippen LogP contribution in [0.5, 0.6) is 5.75 Å². The number of hydrogen-bond donors (Lipinski definition) is 1. The molecular weight excluding hydrogens is 265 g/mol. The number of piperidine rings is 1. The van der Waals surface area contributed by atoms with Gasteiger partial charge in [0, 0.05) is 25.2 Å². The van der Waals surface area contributed by atoms with Crippen LogP contribution in [0.25, 0.3) is 0 Å². The summed E-state index contributed by atoms with van der Waals surface area (Å²) >= 11 is 0. The second kappa shape index (κ2) is 6.04. The largest absolute Gasteiger partial charge is 0.494 e. The van der Waals surface area contributed by atoms with E-state index in [0.717, 1.165) is 18.9 Å². The lowest BCUT2D eigenvalue weighted by molar-refractivity contribution is -0.384. The van der Waals surface area contributed by atoms with Gasteiger partial charge in [0.25, 0.3) is 5.69 Å². The predicted molar refractivity (Wildman–Crippen MR) is 73.9 cm³/mol. The topological polar surface area (TPSA) is 67.6 Å². The minimum atomic E-state index is -0.717. The van der Waals surface area contributed by atoms with Crippen molar-refractivity contribution in [1.29, 1.82) is 0 Å². The number of benzene rings is 1. The third kappa shape index (κ3) is 2.82. The van der Waals surface area contributed by atoms with Crippen LogP contribution in [0.15, 0.2) is 12.1 Å². The van der Waals surface area contributed by atoms with Crippen LogP contribution in [-0.2, 0) is 0 Å². The Labute approximate surface area is 116 Å². The Kier molecular flexibility index (Phi) is 4.39. The zero-order chi connectivity index (χ0) is 14.7. The molecule has 1 atom stereocenters. The number of ether oxygens (including phenoxy) is 1. The van der Waals surface area contributed by atoms with Crippen molar-refractivity contribution < 1.29 is 14.1 Å². The van der Waals surface area contributed by atoms with Crippen molar-refractivity contribution >= 4 is 11.4 Å². The van der Waals surface area contributed by atoms with Gasteiger partial charge in [0.05, 0.1) is 18.1 Å². The summed E-state index contributed by atoms with van der Waals surface area (Å²) in [5.41, 5.74) is 0.188. The maximum atomic E-state index is 13.6. The van der Waals surface area contributed by atoms with Gasteiger partial charge in [-0.15, -0.1) is 0 Å². The number of rotatable bonds is 4. The van der Waals surface area contributed by atoms with Gasteiger partial charge in [0.1, 0.15) is 5.69 Å². The summed E-state index contributed by atoms with van der Waals surface area (Å²) in [6.45, 7) is 1.37. The van der Waals surface area contributed by atoms with E-state index >= 15 is 0 Å². The van der Waals surface area contributed by atoms with Crippen molar-refractivity contribution in [3.63, 3.8) is 0 Å². The summed E-state index contributed by atoms with van der Waals surface area (Å²) in [5.74, 6) is -0.692. The van der Waals surface area contributed by atoms with E-state index in [-0.39, 0.29) is 17.5 Å². The number of likely N-dealkylation sites (N-methyl/N-ethyl adjacent to an activating group) is 1. The Morgan fingerprint density at radius 2 is 2.30 bits per heavy atom. The van der Waals surface area contributed by atoms with Gasteiger partial charge in [-0.3, -0.25) is 10.1 Å². The molecule has 1 saturated heterocycles. The zero-order valence-electron chi connectivity index (χ0n) is 11.6. The summed E-state index contributed by atoms with van der Waals surface area (Å²) < 4.78 is 18.6. The van der Waals surface area contributed by atoms with Crippen molar-refractivity contribution in [1.82, 2.24) is 5.32 Å². The van der Waals surface area contributed by atoms with E-state index in [1.807, 2.05) is 11.9 Å². The van der Waals surface area contributed by atoms with E-state index in [2.05, 4.69) is 5.32 Å². The van der Waals surface area contributed by atoms with Crippen LogP contribution in [0, 0.1) is 15.9 Å². The molecule has 0 radical (unpaired) electrons. The normalized spacial score (nSPS) is 18.9. The van der Waals surface area contributed by atoms with Gasteiger partial charge in [-0.05, 0) is 19.9 Å². The first-order valence-corrected chi connectivity index (χ1v) is 6.51. The van der Waals surface area contributed by atoms with E-state index in [1.54, 1.807) is 0 Å². The van der Waals surface area contributed by atoms with Gasteiger partial charge in [0.2, 0.25) is 0 Å². The minimum Gasteiger partial charge on any atom is -0.494 e. The molecule has 2 rings (SSSR count). The van der Waals surface area contributed by atoms with Crippen LogP contribution in [0.1, 0.15) is 12.8 Å². The van der Waals surface area contributed by atoms with Gasteiger partial charge >= 0.3 is 0 Å². The molecule has 1 aliphatic rings. The second-order valence-corrected chi connectivity index (χ2v) is 4.81. The third-order valence-electron chi connectivity index (χ3n) is 3.62. The number of anilines is 1. The SMILES string of the molecule is CNC1CCCN(c2cc(OC)c(F)cc2[N+](=O)[O-])C1. The first kappa shape index (κ1) is 14.5. The molecule has 1 aromatic carbocycles. The number of halogens is 1. The number of nitrogens with zero attached hydrogens (tertiary/aromatic N) is 2. The van der Waals surface area contributed by atoms with E-state index in [1.165, 1.54) is 13.2 Å². The molecule has 0 aromatic heterocycles. The zero-order valence-corrected chi connectivity index (χ0v) is 11.6. The summed E-state index contributed by atoms with van der Waals surface area (Å²) in [7, 11) is 3.22. The fourth-order valence-electron chi connectivity index (χ4n) is 2.52. The molecule has 0 amide bonds. The number of nitro groups is 1. The molecule has 1 aliphatic heterocycles. The lowest BCUT2D eigenvalue weighted by Gasteiger charge is -2.34. The van der Waals surface area contributed by atoms with E-state index in [4.69, 9.17) is 4.74 Å². The summed E-state index contributed by atoms with van der Waals surface area (Å²) in [6, 6.07) is 2.61. The Morgan fingerprint density at radius 1 is 1.55 bits per heavy atom. The number of hydrogen-bond acceptors (Lipinski definition) is 5. The first-order chi connectivity index (χ1) is 9.56. The summed E-state index contributed by atoms with van der Waals surface area (Å²) in [4.78, 5) is 12.5. The van der Waals surface area contributed by atoms with Gasteiger partial charge in [0.15, 0.2) is 11.6 Å². The van der Waals surface area contributed by atoms with Crippen molar-refractivity contribution in [3.8, 4) is 5.75 Å². The van der Waals surface area contributed by atoms with Gasteiger partial charge in [-0.25, -0.2) is 4.39 Å². The average molecular weight is 283 g/mol. The Balaban J connectivity index is 2.40. The van der Waals surface area contributed by atoms with E-state index in [0.29, 0.717) is 18.8 Å². The Hall–Kier alpha value is -1.89. The molecule has 0 bridgehead atoms. The smallest absolute Gasteiger partial charge is 0.295 e. The molecule has 1 unspecified atom stereocenters. The highest BCUT2D eigenvalue weighted by molar-refractivity contribution is 5.66. The average Bonchev–Trinajstić information content (AvgIpc) is 2.46. The fourth-order valence-corrected chi connectivity index (χ4v) is 2.52. The van der Waals surface area contributed by atoms with Crippen molar-refractivity contribution in [2.45, 2.75) is 18.9 Å². The van der Waals surface area contributed by atoms with Crippen molar-refractivity contribution in [2.24, 2.45) is 0 Å². The maximum Gasteiger partial charge on any atom is 0.295 e. The molecule has 7 heteroatoms. The van der Waals surface area contributed by atoms with Crippen LogP contribution in [0.3, 0.4) is 0 Å². The number of nitrogens with one attached hydrogen (secondary N) is 1. The van der Waals surface area contributed by atoms with Crippen LogP contribution < -0.4 is 15.0 Å². The molecule has 1 heterocycles. The quantitative estimate of drug-likeness (QED) is 0.675. The Morgan fingerprint density at radius 3 is 2.90 bits per heavy atom. The standard InChI is InChI=1S/C13H18FN3O3/c1-15-9-4-3-5-16(8-9)11-7-13(20-2)10(14)6-12(11)17(18)19/h6-7,9,15H,3-5,8H2,1-2H3. The van der Waals surface area contributed by atoms with Crippen LogP contribution in [-0.4, -0.2) is 38.2 Å². The number of methoxy groups -OCH3 is 1. The third-order valence-corrected chi connectivity index (χ3v) is 3.62. The molecule has 110 valence electrons. The van der Waals surface area contributed by atoms with Gasteiger partial charge < -0.3 is 15.0 Å². The lowest BCUT2D eigenvalue weighted by Crippen LogP contribution is -2.44. The molecule has 0 spiro atoms. The molecule has 20 heavy (non-hydrogen) atoms. The molecular formula is C13H18FN3O3. The first-order valence-electron chi connectivity index (χ1n) is 6.51. The molecule has 6 nitrogen and oxygen atoms in total. The highest BCUT2D eigenvalue weighted by Gasteiger charge is 2.27. The maximum absolute atomic E-state index is 13.6. The number of nitro benzene ring substituents is 1. The highest BCUT2D eigenvalue weighted by Crippen LogP contribution is 2.35. The van der Waals surface area contributed by atoms with Crippen molar-refractivity contribution in [2.75, 3.05) is 32.1 Å². The highest BCUT2D eigenvalue weighted by atomic mass is 19.1. The molecule has 1 aromatic rings. The van der Waals surface area contributed by atoms with Crippen LogP contribution in [0.2, 0.25) is 0 Å². The molecule has 0 saturated carbocycles. The predicted octanol–water partition coefficient (Wildman–Crippen LogP) is 1.93. The Bertz CT molecular complexity index is 510. The molecule has 1 N–H and O–H groups in total. The van der Waals surface area contributed by atoms with Crippen molar-refractivity contribution in [3.05, 3.63) is 28.1 Å². The van der Waals surface area contributed by atoms with Crippen LogP contribution in [0.4, 0.5) is 15.8 Å². The van der Waals surface area contributed by atoms with Gasteiger partial charge in [-0.2, -0.15) is 0 Å². The minimum absolute atomic E-state index is 0.0252. The van der Waals surface area contributed by atoms with E-state index in [9.17, 15) is 14.5 Å². The van der Waals surface area contributed by atoms with Crippen LogP contribution >= 0.6 is 0 Å². The van der Waals surface area contributed by atoms with Gasteiger partial charge in [-0.1, -0.05) is 0 Å². The summed E-state index contributed by atoms with van der Waals surface area (Å²) in [5, 5.41) is 14.3. The molecule has 1 fully saturated rings. The second-order valence-electron chi connectivity index (χ2n) is 4.81. The summed E-state index contributed by atoms with van der Waals surface area (Å²) in [6.07, 6.45) is 1.96. The molecule has 0 aliphatic carbocycles. The lowest BCUT2D eigenvalue weighted by atomic mass is 10.0. The van der Waals surface area contributed by atoms with E-state index < -0.39 is 10.7 Å². The fraction of sp³-hybridized carbons (Fsp3) is 0.538. The monoisotopic (exact) mass is 283 g/mol.